The Hall–Kier alpha value is -2.48. The van der Waals surface area contributed by atoms with Crippen LogP contribution < -0.4 is 5.32 Å². The average Bonchev–Trinajstić information content (AvgIpc) is 2.33. The number of aromatic nitrogens is 2. The van der Waals surface area contributed by atoms with Gasteiger partial charge in [0.05, 0.1) is 5.69 Å². The zero-order valence-corrected chi connectivity index (χ0v) is 9.11. The summed E-state index contributed by atoms with van der Waals surface area (Å²) < 4.78 is 13.6. The lowest BCUT2D eigenvalue weighted by Crippen LogP contribution is -2.00. The van der Waals surface area contributed by atoms with E-state index in [1.807, 2.05) is 6.07 Å². The summed E-state index contributed by atoms with van der Waals surface area (Å²) in [5.41, 5.74) is 1.23. The van der Waals surface area contributed by atoms with E-state index < -0.39 is 0 Å². The summed E-state index contributed by atoms with van der Waals surface area (Å²) in [6.45, 7) is 1.80. The highest BCUT2D eigenvalue weighted by atomic mass is 19.1. The van der Waals surface area contributed by atoms with Gasteiger partial charge in [-0.3, -0.25) is 0 Å². The Balaban J connectivity index is 2.35. The number of hydrogen-bond donors (Lipinski definition) is 1. The topological polar surface area (TPSA) is 61.6 Å². The fourth-order valence-corrected chi connectivity index (χ4v) is 1.36. The third kappa shape index (κ3) is 2.37. The molecule has 0 saturated heterocycles. The summed E-state index contributed by atoms with van der Waals surface area (Å²) in [4.78, 5) is 7.78. The molecule has 0 aliphatic heterocycles. The molecule has 17 heavy (non-hydrogen) atoms. The largest absolute Gasteiger partial charge is 0.335 e. The first-order chi connectivity index (χ1) is 8.20. The second-order valence-corrected chi connectivity index (χ2v) is 3.47. The second-order valence-electron chi connectivity index (χ2n) is 3.47. The minimum atomic E-state index is -0.389. The molecule has 0 saturated carbocycles. The van der Waals surface area contributed by atoms with E-state index >= 15 is 0 Å². The maximum Gasteiger partial charge on any atom is 0.183 e. The summed E-state index contributed by atoms with van der Waals surface area (Å²) in [5.74, 6) is -0.141. The van der Waals surface area contributed by atoms with Gasteiger partial charge in [-0.2, -0.15) is 5.26 Å². The maximum absolute atomic E-state index is 13.6. The molecule has 5 heteroatoms. The molecule has 0 amide bonds. The van der Waals surface area contributed by atoms with E-state index in [-0.39, 0.29) is 23.0 Å². The van der Waals surface area contributed by atoms with Gasteiger partial charge in [0.25, 0.3) is 0 Å². The van der Waals surface area contributed by atoms with Crippen molar-refractivity contribution in [2.75, 3.05) is 5.32 Å². The van der Waals surface area contributed by atoms with Gasteiger partial charge < -0.3 is 5.32 Å². The summed E-state index contributed by atoms with van der Waals surface area (Å²) in [7, 11) is 0. The van der Waals surface area contributed by atoms with E-state index in [0.717, 1.165) is 5.56 Å². The molecule has 2 rings (SSSR count). The van der Waals surface area contributed by atoms with Crippen LogP contribution in [0.2, 0.25) is 0 Å². The zero-order valence-electron chi connectivity index (χ0n) is 9.11. The van der Waals surface area contributed by atoms with E-state index in [1.165, 1.54) is 18.5 Å². The fourth-order valence-electron chi connectivity index (χ4n) is 1.36. The Kier molecular flexibility index (Phi) is 2.97. The predicted molar refractivity (Wildman–Crippen MR) is 61.2 cm³/mol. The Bertz CT molecular complexity index is 589. The molecule has 1 aromatic carbocycles. The number of rotatable bonds is 2. The number of benzene rings is 1. The quantitative estimate of drug-likeness (QED) is 0.857. The standard InChI is InChI=1S/C12H9FN4/c1-8-2-3-10(9(13)6-8)17-12-11(7-14)15-4-5-16-12/h2-6H,1H3,(H,16,17). The molecule has 2 aromatic rings. The molecule has 0 aliphatic rings. The second kappa shape index (κ2) is 4.58. The van der Waals surface area contributed by atoms with Gasteiger partial charge in [0.15, 0.2) is 11.5 Å². The smallest absolute Gasteiger partial charge is 0.183 e. The fraction of sp³-hybridized carbons (Fsp3) is 0.0833. The number of nitriles is 1. The number of hydrogen-bond acceptors (Lipinski definition) is 4. The Morgan fingerprint density at radius 3 is 2.76 bits per heavy atom. The van der Waals surface area contributed by atoms with Gasteiger partial charge in [-0.15, -0.1) is 0 Å². The van der Waals surface area contributed by atoms with Crippen LogP contribution in [0.4, 0.5) is 15.9 Å². The summed E-state index contributed by atoms with van der Waals surface area (Å²) in [5, 5.41) is 11.6. The van der Waals surface area contributed by atoms with Gasteiger partial charge in [0.2, 0.25) is 0 Å². The van der Waals surface area contributed by atoms with Gasteiger partial charge in [-0.1, -0.05) is 6.07 Å². The predicted octanol–water partition coefficient (Wildman–Crippen LogP) is 2.54. The SMILES string of the molecule is Cc1ccc(Nc2nccnc2C#N)c(F)c1. The number of nitrogens with zero attached hydrogens (tertiary/aromatic N) is 3. The first-order valence-electron chi connectivity index (χ1n) is 4.95. The highest BCUT2D eigenvalue weighted by molar-refractivity contribution is 5.61. The molecule has 0 fully saturated rings. The lowest BCUT2D eigenvalue weighted by atomic mass is 10.2. The van der Waals surface area contributed by atoms with Crippen LogP contribution in [0.3, 0.4) is 0 Å². The lowest BCUT2D eigenvalue weighted by molar-refractivity contribution is 0.630. The Morgan fingerprint density at radius 2 is 2.06 bits per heavy atom. The van der Waals surface area contributed by atoms with Gasteiger partial charge in [0, 0.05) is 12.4 Å². The van der Waals surface area contributed by atoms with Crippen molar-refractivity contribution in [3.05, 3.63) is 47.7 Å². The van der Waals surface area contributed by atoms with Crippen molar-refractivity contribution in [1.82, 2.24) is 9.97 Å². The molecule has 0 atom stereocenters. The van der Waals surface area contributed by atoms with E-state index in [0.29, 0.717) is 0 Å². The molecule has 84 valence electrons. The number of nitrogens with one attached hydrogen (secondary N) is 1. The lowest BCUT2D eigenvalue weighted by Gasteiger charge is -2.07. The molecule has 0 bridgehead atoms. The third-order valence-corrected chi connectivity index (χ3v) is 2.18. The summed E-state index contributed by atoms with van der Waals surface area (Å²) in [6, 6.07) is 6.66. The minimum absolute atomic E-state index is 0.132. The molecule has 0 aliphatic carbocycles. The molecule has 1 heterocycles. The van der Waals surface area contributed by atoms with Crippen molar-refractivity contribution in [3.8, 4) is 6.07 Å². The Morgan fingerprint density at radius 1 is 1.29 bits per heavy atom. The normalized spacial score (nSPS) is 9.71. The minimum Gasteiger partial charge on any atom is -0.335 e. The van der Waals surface area contributed by atoms with Crippen LogP contribution >= 0.6 is 0 Å². The molecular weight excluding hydrogens is 219 g/mol. The molecule has 0 spiro atoms. The van der Waals surface area contributed by atoms with Crippen molar-refractivity contribution in [2.24, 2.45) is 0 Å². The van der Waals surface area contributed by atoms with Gasteiger partial charge in [-0.05, 0) is 24.6 Å². The van der Waals surface area contributed by atoms with Crippen molar-refractivity contribution in [2.45, 2.75) is 6.92 Å². The monoisotopic (exact) mass is 228 g/mol. The van der Waals surface area contributed by atoms with E-state index in [4.69, 9.17) is 5.26 Å². The molecule has 4 nitrogen and oxygen atoms in total. The van der Waals surface area contributed by atoms with E-state index in [2.05, 4.69) is 15.3 Å². The van der Waals surface area contributed by atoms with E-state index in [1.54, 1.807) is 19.1 Å². The van der Waals surface area contributed by atoms with Crippen LogP contribution in [-0.2, 0) is 0 Å². The highest BCUT2D eigenvalue weighted by Crippen LogP contribution is 2.20. The van der Waals surface area contributed by atoms with Crippen LogP contribution in [0, 0.1) is 24.1 Å². The molecular formula is C12H9FN4. The summed E-state index contributed by atoms with van der Waals surface area (Å²) >= 11 is 0. The number of anilines is 2. The van der Waals surface area contributed by atoms with Crippen LogP contribution in [0.5, 0.6) is 0 Å². The molecule has 1 aromatic heterocycles. The van der Waals surface area contributed by atoms with Gasteiger partial charge in [-0.25, -0.2) is 14.4 Å². The van der Waals surface area contributed by atoms with Crippen LogP contribution in [-0.4, -0.2) is 9.97 Å². The zero-order chi connectivity index (χ0) is 12.3. The third-order valence-electron chi connectivity index (χ3n) is 2.18. The van der Waals surface area contributed by atoms with Crippen molar-refractivity contribution < 1.29 is 4.39 Å². The molecule has 1 N–H and O–H groups in total. The number of aryl methyl sites for hydroxylation is 1. The highest BCUT2D eigenvalue weighted by Gasteiger charge is 2.07. The molecule has 0 radical (unpaired) electrons. The first kappa shape index (κ1) is 11.0. The molecule has 0 unspecified atom stereocenters. The maximum atomic E-state index is 13.6. The number of halogens is 1. The van der Waals surface area contributed by atoms with E-state index in [9.17, 15) is 4.39 Å². The van der Waals surface area contributed by atoms with Crippen molar-refractivity contribution in [3.63, 3.8) is 0 Å². The van der Waals surface area contributed by atoms with Crippen LogP contribution in [0.25, 0.3) is 0 Å². The van der Waals surface area contributed by atoms with Crippen molar-refractivity contribution >= 4 is 11.5 Å². The Labute approximate surface area is 97.8 Å². The van der Waals surface area contributed by atoms with Crippen LogP contribution in [0.1, 0.15) is 11.3 Å². The summed E-state index contributed by atoms with van der Waals surface area (Å²) in [6.07, 6.45) is 2.85. The van der Waals surface area contributed by atoms with Crippen molar-refractivity contribution in [1.29, 1.82) is 5.26 Å². The average molecular weight is 228 g/mol. The van der Waals surface area contributed by atoms with Gasteiger partial charge >= 0.3 is 0 Å². The first-order valence-corrected chi connectivity index (χ1v) is 4.95. The van der Waals surface area contributed by atoms with Gasteiger partial charge in [0.1, 0.15) is 11.9 Å². The van der Waals surface area contributed by atoms with Crippen LogP contribution in [0.15, 0.2) is 30.6 Å².